The first-order valence-electron chi connectivity index (χ1n) is 5.98. The predicted octanol–water partition coefficient (Wildman–Crippen LogP) is 4.47. The summed E-state index contributed by atoms with van der Waals surface area (Å²) in [5.41, 5.74) is 1.13. The van der Waals surface area contributed by atoms with Crippen LogP contribution in [0, 0.1) is 5.82 Å². The largest absolute Gasteiger partial charge is 0.294 e. The highest BCUT2D eigenvalue weighted by molar-refractivity contribution is 7.17. The van der Waals surface area contributed by atoms with Gasteiger partial charge in [-0.25, -0.2) is 4.39 Å². The number of rotatable bonds is 3. The summed E-state index contributed by atoms with van der Waals surface area (Å²) in [6.45, 7) is 0. The lowest BCUT2D eigenvalue weighted by Crippen LogP contribution is -2.04. The summed E-state index contributed by atoms with van der Waals surface area (Å²) in [4.78, 5) is 12.3. The summed E-state index contributed by atoms with van der Waals surface area (Å²) in [6.07, 6.45) is 0.105. The van der Waals surface area contributed by atoms with Crippen molar-refractivity contribution in [3.63, 3.8) is 0 Å². The molecular weight excluding hydrogens is 259 g/mol. The minimum atomic E-state index is -0.324. The summed E-state index contributed by atoms with van der Waals surface area (Å²) in [7, 11) is 0. The fourth-order valence-corrected chi connectivity index (χ4v) is 3.07. The third-order valence-electron chi connectivity index (χ3n) is 3.09. The average Bonchev–Trinajstić information content (AvgIpc) is 2.85. The number of halogens is 1. The summed E-state index contributed by atoms with van der Waals surface area (Å²) in [5.74, 6) is -0.363. The minimum Gasteiger partial charge on any atom is -0.294 e. The number of ketones is 1. The molecule has 0 saturated carbocycles. The SMILES string of the molecule is O=C(Cc1ccccc1F)c1csc2ccccc12. The van der Waals surface area contributed by atoms with Gasteiger partial charge in [-0.3, -0.25) is 4.79 Å². The smallest absolute Gasteiger partial charge is 0.168 e. The van der Waals surface area contributed by atoms with Gasteiger partial charge in [0, 0.05) is 27.5 Å². The van der Waals surface area contributed by atoms with Gasteiger partial charge in [-0.2, -0.15) is 0 Å². The van der Waals surface area contributed by atoms with Crippen LogP contribution in [0.25, 0.3) is 10.1 Å². The molecule has 0 radical (unpaired) electrons. The Balaban J connectivity index is 1.95. The molecule has 0 spiro atoms. The maximum Gasteiger partial charge on any atom is 0.168 e. The first-order chi connectivity index (χ1) is 9.25. The van der Waals surface area contributed by atoms with Crippen molar-refractivity contribution in [2.45, 2.75) is 6.42 Å². The lowest BCUT2D eigenvalue weighted by molar-refractivity contribution is 0.0994. The van der Waals surface area contributed by atoms with Gasteiger partial charge in [-0.05, 0) is 17.7 Å². The highest BCUT2D eigenvalue weighted by Crippen LogP contribution is 2.26. The maximum absolute atomic E-state index is 13.6. The Labute approximate surface area is 114 Å². The summed E-state index contributed by atoms with van der Waals surface area (Å²) in [5, 5.41) is 2.81. The Kier molecular flexibility index (Phi) is 3.13. The van der Waals surface area contributed by atoms with Crippen molar-refractivity contribution < 1.29 is 9.18 Å². The monoisotopic (exact) mass is 270 g/mol. The van der Waals surface area contributed by atoms with Crippen molar-refractivity contribution >= 4 is 27.2 Å². The minimum absolute atomic E-state index is 0.0393. The van der Waals surface area contributed by atoms with Gasteiger partial charge in [0.1, 0.15) is 5.82 Å². The number of fused-ring (bicyclic) bond motifs is 1. The molecule has 19 heavy (non-hydrogen) atoms. The summed E-state index contributed by atoms with van der Waals surface area (Å²) < 4.78 is 14.6. The standard InChI is InChI=1S/C16H11FOS/c17-14-7-3-1-5-11(14)9-15(18)13-10-19-16-8-4-2-6-12(13)16/h1-8,10H,9H2. The maximum atomic E-state index is 13.6. The zero-order valence-electron chi connectivity index (χ0n) is 10.1. The normalized spacial score (nSPS) is 10.8. The van der Waals surface area contributed by atoms with Crippen LogP contribution >= 0.6 is 11.3 Å². The fourth-order valence-electron chi connectivity index (χ4n) is 2.10. The topological polar surface area (TPSA) is 17.1 Å². The van der Waals surface area contributed by atoms with Gasteiger partial charge in [0.25, 0.3) is 0 Å². The second-order valence-corrected chi connectivity index (χ2v) is 5.25. The van der Waals surface area contributed by atoms with E-state index in [-0.39, 0.29) is 18.0 Å². The van der Waals surface area contributed by atoms with E-state index in [4.69, 9.17) is 0 Å². The second kappa shape index (κ2) is 4.94. The number of carbonyl (C=O) groups is 1. The van der Waals surface area contributed by atoms with Crippen molar-refractivity contribution in [1.82, 2.24) is 0 Å². The molecule has 1 nitrogen and oxygen atoms in total. The van der Waals surface area contributed by atoms with E-state index in [1.54, 1.807) is 29.5 Å². The molecule has 3 rings (SSSR count). The van der Waals surface area contributed by atoms with Crippen LogP contribution in [0.5, 0.6) is 0 Å². The quantitative estimate of drug-likeness (QED) is 0.642. The molecule has 0 amide bonds. The molecule has 0 fully saturated rings. The molecule has 0 unspecified atom stereocenters. The molecule has 1 heterocycles. The van der Waals surface area contributed by atoms with E-state index in [0.717, 1.165) is 10.1 Å². The van der Waals surface area contributed by atoms with Crippen LogP contribution in [0.3, 0.4) is 0 Å². The molecular formula is C16H11FOS. The highest BCUT2D eigenvalue weighted by Gasteiger charge is 2.14. The van der Waals surface area contributed by atoms with E-state index in [2.05, 4.69) is 0 Å². The van der Waals surface area contributed by atoms with E-state index in [9.17, 15) is 9.18 Å². The number of hydrogen-bond donors (Lipinski definition) is 0. The zero-order chi connectivity index (χ0) is 13.2. The number of thiophene rings is 1. The van der Waals surface area contributed by atoms with Gasteiger partial charge in [0.2, 0.25) is 0 Å². The summed E-state index contributed by atoms with van der Waals surface area (Å²) >= 11 is 1.54. The van der Waals surface area contributed by atoms with Crippen molar-refractivity contribution in [3.05, 3.63) is 70.9 Å². The number of carbonyl (C=O) groups excluding carboxylic acids is 1. The molecule has 0 N–H and O–H groups in total. The van der Waals surface area contributed by atoms with Crippen molar-refractivity contribution in [1.29, 1.82) is 0 Å². The third-order valence-corrected chi connectivity index (χ3v) is 4.05. The molecule has 0 aliphatic carbocycles. The first kappa shape index (κ1) is 12.1. The molecule has 2 aromatic carbocycles. The predicted molar refractivity (Wildman–Crippen MR) is 76.3 cm³/mol. The Hall–Kier alpha value is -2.00. The first-order valence-corrected chi connectivity index (χ1v) is 6.86. The molecule has 94 valence electrons. The second-order valence-electron chi connectivity index (χ2n) is 4.34. The molecule has 3 heteroatoms. The van der Waals surface area contributed by atoms with Crippen LogP contribution in [0.1, 0.15) is 15.9 Å². The summed E-state index contributed by atoms with van der Waals surface area (Å²) in [6, 6.07) is 14.2. The zero-order valence-corrected chi connectivity index (χ0v) is 10.9. The number of benzene rings is 2. The van der Waals surface area contributed by atoms with E-state index in [1.807, 2.05) is 29.6 Å². The van der Waals surface area contributed by atoms with Crippen LogP contribution < -0.4 is 0 Å². The van der Waals surface area contributed by atoms with Crippen LogP contribution in [-0.4, -0.2) is 5.78 Å². The molecule has 0 bridgehead atoms. The third kappa shape index (κ3) is 2.29. The van der Waals surface area contributed by atoms with Crippen LogP contribution in [0.2, 0.25) is 0 Å². The molecule has 0 aliphatic heterocycles. The van der Waals surface area contributed by atoms with Gasteiger partial charge in [0.05, 0.1) is 0 Å². The van der Waals surface area contributed by atoms with E-state index < -0.39 is 0 Å². The Bertz CT molecular complexity index is 745. The van der Waals surface area contributed by atoms with Crippen molar-refractivity contribution in [3.8, 4) is 0 Å². The van der Waals surface area contributed by atoms with Gasteiger partial charge in [-0.15, -0.1) is 11.3 Å². The Morgan fingerprint density at radius 1 is 1.05 bits per heavy atom. The van der Waals surface area contributed by atoms with E-state index in [0.29, 0.717) is 11.1 Å². The van der Waals surface area contributed by atoms with Gasteiger partial charge >= 0.3 is 0 Å². The number of Topliss-reactive ketones (excluding diaryl/α,β-unsaturated/α-hetero) is 1. The molecule has 0 saturated heterocycles. The lowest BCUT2D eigenvalue weighted by Gasteiger charge is -2.02. The van der Waals surface area contributed by atoms with Crippen LogP contribution in [0.15, 0.2) is 53.9 Å². The van der Waals surface area contributed by atoms with Gasteiger partial charge in [0.15, 0.2) is 5.78 Å². The van der Waals surface area contributed by atoms with Crippen LogP contribution in [-0.2, 0) is 6.42 Å². The van der Waals surface area contributed by atoms with Gasteiger partial charge in [-0.1, -0.05) is 36.4 Å². The van der Waals surface area contributed by atoms with Crippen LogP contribution in [0.4, 0.5) is 4.39 Å². The Morgan fingerprint density at radius 2 is 1.79 bits per heavy atom. The van der Waals surface area contributed by atoms with Gasteiger partial charge < -0.3 is 0 Å². The lowest BCUT2D eigenvalue weighted by atomic mass is 10.0. The highest BCUT2D eigenvalue weighted by atomic mass is 32.1. The molecule has 0 atom stereocenters. The van der Waals surface area contributed by atoms with Crippen molar-refractivity contribution in [2.24, 2.45) is 0 Å². The molecule has 1 aromatic heterocycles. The van der Waals surface area contributed by atoms with Crippen molar-refractivity contribution in [2.75, 3.05) is 0 Å². The number of hydrogen-bond acceptors (Lipinski definition) is 2. The Morgan fingerprint density at radius 3 is 2.63 bits per heavy atom. The molecule has 0 aliphatic rings. The van der Waals surface area contributed by atoms with E-state index in [1.165, 1.54) is 6.07 Å². The van der Waals surface area contributed by atoms with E-state index >= 15 is 0 Å². The fraction of sp³-hybridized carbons (Fsp3) is 0.0625. The molecule has 3 aromatic rings. The average molecular weight is 270 g/mol.